The van der Waals surface area contributed by atoms with Gasteiger partial charge in [-0.1, -0.05) is 0 Å². The van der Waals surface area contributed by atoms with Crippen LogP contribution in [0.4, 0.5) is 0 Å². The number of nitrogens with one attached hydrogen (secondary N) is 1. The minimum absolute atomic E-state index is 0.0767. The lowest BCUT2D eigenvalue weighted by Crippen LogP contribution is -2.63. The van der Waals surface area contributed by atoms with E-state index in [-0.39, 0.29) is 32.1 Å². The Balaban J connectivity index is 2.95. The summed E-state index contributed by atoms with van der Waals surface area (Å²) in [6, 6.07) is -0.794. The first-order valence-electron chi connectivity index (χ1n) is 10.9. The van der Waals surface area contributed by atoms with Gasteiger partial charge in [0.15, 0.2) is 6.10 Å². The quantitative estimate of drug-likeness (QED) is 0.185. The van der Waals surface area contributed by atoms with Crippen molar-refractivity contribution in [2.75, 3.05) is 46.2 Å². The van der Waals surface area contributed by atoms with E-state index < -0.39 is 48.2 Å². The molecule has 1 amide bonds. The molecule has 0 aromatic heterocycles. The summed E-state index contributed by atoms with van der Waals surface area (Å²) in [5.41, 5.74) is 5.35. The molecule has 190 valence electrons. The van der Waals surface area contributed by atoms with E-state index in [0.717, 1.165) is 0 Å². The molecule has 3 N–H and O–H groups in total. The minimum atomic E-state index is -1.04. The molecular weight excluding hydrogens is 440 g/mol. The standard InChI is InChI=1S/C21H36N2O10/c1-13(24)23-19-18(30-10-9-29-8-7-28-6-5-22)11-17(12-31-14(2)25)20(32-15(3)26)21(19)33-16(4)27/h17-21H,5-12,22H2,1-4H3,(H,23,24)/t17?,18-,19?,20+,21?/m1/s1. The monoisotopic (exact) mass is 476 g/mol. The Morgan fingerprint density at radius 3 is 1.94 bits per heavy atom. The Morgan fingerprint density at radius 1 is 0.818 bits per heavy atom. The molecule has 12 heteroatoms. The van der Waals surface area contributed by atoms with Gasteiger partial charge in [0, 0.05) is 40.2 Å². The van der Waals surface area contributed by atoms with Gasteiger partial charge in [-0.2, -0.15) is 0 Å². The van der Waals surface area contributed by atoms with E-state index in [0.29, 0.717) is 26.4 Å². The van der Waals surface area contributed by atoms with Crippen LogP contribution in [-0.2, 0) is 47.6 Å². The Hall–Kier alpha value is -2.28. The van der Waals surface area contributed by atoms with Crippen LogP contribution in [-0.4, -0.2) is 94.4 Å². The average Bonchev–Trinajstić information content (AvgIpc) is 2.71. The summed E-state index contributed by atoms with van der Waals surface area (Å²) in [7, 11) is 0. The fraction of sp³-hybridized carbons (Fsp3) is 0.810. The SMILES string of the molecule is CC(=O)NC1C(OC(C)=O)[C@@H](OC(C)=O)C(COC(C)=O)C[C@H]1OCCOCCOCCN. The van der Waals surface area contributed by atoms with Crippen LogP contribution in [0.2, 0.25) is 0 Å². The molecule has 12 nitrogen and oxygen atoms in total. The molecular formula is C21H36N2O10. The molecule has 1 aliphatic carbocycles. The third-order valence-electron chi connectivity index (χ3n) is 4.75. The number of esters is 3. The normalized spacial score (nSPS) is 24.6. The molecule has 0 bridgehead atoms. The predicted molar refractivity (Wildman–Crippen MR) is 114 cm³/mol. The molecule has 0 aliphatic heterocycles. The summed E-state index contributed by atoms with van der Waals surface area (Å²) < 4.78 is 32.7. The van der Waals surface area contributed by atoms with E-state index >= 15 is 0 Å². The van der Waals surface area contributed by atoms with Gasteiger partial charge in [0.1, 0.15) is 6.10 Å². The zero-order chi connectivity index (χ0) is 24.8. The number of rotatable bonds is 14. The van der Waals surface area contributed by atoms with Crippen molar-refractivity contribution in [2.24, 2.45) is 11.7 Å². The molecule has 1 saturated carbocycles. The number of ether oxygens (including phenoxy) is 6. The summed E-state index contributed by atoms with van der Waals surface area (Å²) in [6.07, 6.45) is -2.34. The molecule has 0 heterocycles. The van der Waals surface area contributed by atoms with Crippen molar-refractivity contribution in [2.45, 2.75) is 58.5 Å². The topological polar surface area (TPSA) is 162 Å². The number of hydrogen-bond acceptors (Lipinski definition) is 11. The van der Waals surface area contributed by atoms with Crippen LogP contribution in [0, 0.1) is 5.92 Å². The molecule has 0 aromatic rings. The highest BCUT2D eigenvalue weighted by Crippen LogP contribution is 2.32. The number of carbonyl (C=O) groups is 4. The third-order valence-corrected chi connectivity index (χ3v) is 4.75. The van der Waals surface area contributed by atoms with Crippen LogP contribution in [0.25, 0.3) is 0 Å². The van der Waals surface area contributed by atoms with Crippen LogP contribution < -0.4 is 11.1 Å². The van der Waals surface area contributed by atoms with Crippen molar-refractivity contribution in [3.05, 3.63) is 0 Å². The van der Waals surface area contributed by atoms with E-state index in [1.807, 2.05) is 0 Å². The van der Waals surface area contributed by atoms with Gasteiger partial charge >= 0.3 is 17.9 Å². The van der Waals surface area contributed by atoms with Gasteiger partial charge in [-0.3, -0.25) is 19.2 Å². The zero-order valence-corrected chi connectivity index (χ0v) is 19.7. The summed E-state index contributed by atoms with van der Waals surface area (Å²) >= 11 is 0. The highest BCUT2D eigenvalue weighted by atomic mass is 16.6. The van der Waals surface area contributed by atoms with Crippen molar-refractivity contribution >= 4 is 23.8 Å². The van der Waals surface area contributed by atoms with Crippen molar-refractivity contribution in [1.29, 1.82) is 0 Å². The van der Waals surface area contributed by atoms with Gasteiger partial charge in [-0.25, -0.2) is 0 Å². The molecule has 0 spiro atoms. The smallest absolute Gasteiger partial charge is 0.303 e. The van der Waals surface area contributed by atoms with Gasteiger partial charge in [0.05, 0.1) is 51.8 Å². The second kappa shape index (κ2) is 15.5. The maximum atomic E-state index is 11.9. The van der Waals surface area contributed by atoms with Crippen LogP contribution in [0.1, 0.15) is 34.1 Å². The first-order valence-corrected chi connectivity index (χ1v) is 10.9. The van der Waals surface area contributed by atoms with Crippen LogP contribution in [0.5, 0.6) is 0 Å². The van der Waals surface area contributed by atoms with Crippen LogP contribution >= 0.6 is 0 Å². The van der Waals surface area contributed by atoms with E-state index in [1.54, 1.807) is 0 Å². The summed E-state index contributed by atoms with van der Waals surface area (Å²) in [4.78, 5) is 46.8. The molecule has 0 radical (unpaired) electrons. The lowest BCUT2D eigenvalue weighted by atomic mass is 9.79. The molecule has 0 aromatic carbocycles. The van der Waals surface area contributed by atoms with Crippen LogP contribution in [0.3, 0.4) is 0 Å². The predicted octanol–water partition coefficient (Wildman–Crippen LogP) is -0.685. The van der Waals surface area contributed by atoms with E-state index in [2.05, 4.69) is 5.32 Å². The largest absolute Gasteiger partial charge is 0.465 e. The lowest BCUT2D eigenvalue weighted by molar-refractivity contribution is -0.194. The van der Waals surface area contributed by atoms with Gasteiger partial charge in [-0.05, 0) is 6.42 Å². The highest BCUT2D eigenvalue weighted by Gasteiger charge is 2.50. The third kappa shape index (κ3) is 11.4. The molecule has 33 heavy (non-hydrogen) atoms. The van der Waals surface area contributed by atoms with Crippen molar-refractivity contribution in [3.63, 3.8) is 0 Å². The first kappa shape index (κ1) is 28.8. The van der Waals surface area contributed by atoms with Crippen LogP contribution in [0.15, 0.2) is 0 Å². The Labute approximate surface area is 193 Å². The molecule has 1 aliphatic rings. The fourth-order valence-corrected chi connectivity index (χ4v) is 3.58. The van der Waals surface area contributed by atoms with Gasteiger partial charge < -0.3 is 39.5 Å². The molecule has 5 atom stereocenters. The second-order valence-electron chi connectivity index (χ2n) is 7.60. The summed E-state index contributed by atoms with van der Waals surface area (Å²) in [5, 5.41) is 2.74. The van der Waals surface area contributed by atoms with Gasteiger partial charge in [-0.15, -0.1) is 0 Å². The molecule has 0 saturated heterocycles. The van der Waals surface area contributed by atoms with E-state index in [9.17, 15) is 19.2 Å². The number of hydrogen-bond donors (Lipinski definition) is 2. The molecule has 1 fully saturated rings. The van der Waals surface area contributed by atoms with Gasteiger partial charge in [0.25, 0.3) is 0 Å². The Kier molecular flexibility index (Phi) is 13.5. The number of carbonyl (C=O) groups excluding carboxylic acids is 4. The zero-order valence-electron chi connectivity index (χ0n) is 19.7. The van der Waals surface area contributed by atoms with Crippen molar-refractivity contribution < 1.29 is 47.6 Å². The Bertz CT molecular complexity index is 645. The van der Waals surface area contributed by atoms with E-state index in [4.69, 9.17) is 34.2 Å². The van der Waals surface area contributed by atoms with Crippen molar-refractivity contribution in [3.8, 4) is 0 Å². The Morgan fingerprint density at radius 2 is 1.39 bits per heavy atom. The lowest BCUT2D eigenvalue weighted by Gasteiger charge is -2.45. The fourth-order valence-electron chi connectivity index (χ4n) is 3.58. The van der Waals surface area contributed by atoms with Gasteiger partial charge in [0.2, 0.25) is 5.91 Å². The summed E-state index contributed by atoms with van der Waals surface area (Å²) in [5.74, 6) is -2.63. The molecule has 3 unspecified atom stereocenters. The number of amides is 1. The maximum absolute atomic E-state index is 11.9. The van der Waals surface area contributed by atoms with Crippen molar-refractivity contribution in [1.82, 2.24) is 5.32 Å². The highest BCUT2D eigenvalue weighted by molar-refractivity contribution is 5.73. The number of nitrogens with two attached hydrogens (primary N) is 1. The molecule has 1 rings (SSSR count). The summed E-state index contributed by atoms with van der Waals surface area (Å²) in [6.45, 7) is 7.02. The minimum Gasteiger partial charge on any atom is -0.465 e. The maximum Gasteiger partial charge on any atom is 0.303 e. The van der Waals surface area contributed by atoms with E-state index in [1.165, 1.54) is 27.7 Å². The second-order valence-corrected chi connectivity index (χ2v) is 7.60. The average molecular weight is 477 g/mol. The first-order chi connectivity index (χ1) is 15.6.